The van der Waals surface area contributed by atoms with E-state index in [2.05, 4.69) is 114 Å². The molecule has 45 heavy (non-hydrogen) atoms. The van der Waals surface area contributed by atoms with Crippen LogP contribution < -0.4 is 18.9 Å². The molecule has 11 nitrogen and oxygen atoms in total. The Balaban J connectivity index is 1.24. The van der Waals surface area contributed by atoms with Crippen molar-refractivity contribution in [1.29, 1.82) is 0 Å². The average molecular weight is 615 g/mol. The fourth-order valence-electron chi connectivity index (χ4n) is 5.19. The van der Waals surface area contributed by atoms with Gasteiger partial charge in [0, 0.05) is 47.8 Å². The molecule has 0 saturated carbocycles. The first-order valence-electron chi connectivity index (χ1n) is 16.3. The summed E-state index contributed by atoms with van der Waals surface area (Å²) in [6.45, 7) is 21.0. The van der Waals surface area contributed by atoms with Gasteiger partial charge in [-0.2, -0.15) is 0 Å². The van der Waals surface area contributed by atoms with E-state index in [1.807, 2.05) is 49.1 Å². The predicted octanol–water partition coefficient (Wildman–Crippen LogP) is 7.14. The van der Waals surface area contributed by atoms with E-state index in [4.69, 9.17) is 4.74 Å². The SMILES string of the molecule is CCN(CCOCCN(CC)c1ccc(N=Nc2n(CC)cc[n+]2CC)cc1)c1ccc(N=Nc2n(CC)cc[n+]2CC)cc1. The predicted molar refractivity (Wildman–Crippen MR) is 180 cm³/mol. The highest BCUT2D eigenvalue weighted by molar-refractivity contribution is 5.53. The van der Waals surface area contributed by atoms with Crippen molar-refractivity contribution in [3.8, 4) is 0 Å². The Morgan fingerprint density at radius 3 is 1.31 bits per heavy atom. The van der Waals surface area contributed by atoms with Crippen LogP contribution in [0.15, 0.2) is 93.8 Å². The van der Waals surface area contributed by atoms with Gasteiger partial charge >= 0.3 is 11.9 Å². The first-order valence-corrected chi connectivity index (χ1v) is 16.3. The summed E-state index contributed by atoms with van der Waals surface area (Å²) in [6.07, 6.45) is 8.18. The third kappa shape index (κ3) is 8.85. The standard InChI is InChI=1S/C34H50N10O/c1-7-39(31-17-13-29(14-18-31)35-37-33-41(9-3)21-22-42(33)10-4)25-27-45-28-26-40(8-2)32-19-15-30(16-20-32)36-38-34-43(11-5)23-24-44(34)12-6/h13-24H,7-12,25-28H2,1-6H3/q+2. The molecule has 0 unspecified atom stereocenters. The van der Waals surface area contributed by atoms with Crippen molar-refractivity contribution in [2.45, 2.75) is 67.7 Å². The number of hydrogen-bond acceptors (Lipinski definition) is 7. The van der Waals surface area contributed by atoms with Crippen LogP contribution in [0.3, 0.4) is 0 Å². The van der Waals surface area contributed by atoms with Crippen molar-refractivity contribution in [1.82, 2.24) is 9.13 Å². The molecule has 0 fully saturated rings. The van der Waals surface area contributed by atoms with Gasteiger partial charge in [-0.15, -0.1) is 0 Å². The molecule has 0 atom stereocenters. The minimum Gasteiger partial charge on any atom is -0.378 e. The molecule has 0 spiro atoms. The summed E-state index contributed by atoms with van der Waals surface area (Å²) in [4.78, 5) is 4.64. The van der Waals surface area contributed by atoms with E-state index in [9.17, 15) is 0 Å². The fraction of sp³-hybridized carbons (Fsp3) is 0.471. The number of ether oxygens (including phenoxy) is 1. The molecule has 0 radical (unpaired) electrons. The fourth-order valence-corrected chi connectivity index (χ4v) is 5.19. The number of anilines is 2. The van der Waals surface area contributed by atoms with E-state index in [-0.39, 0.29) is 0 Å². The number of benzene rings is 2. The maximum atomic E-state index is 6.08. The smallest absolute Gasteiger partial charge is 0.378 e. The van der Waals surface area contributed by atoms with Crippen molar-refractivity contribution in [3.05, 3.63) is 73.3 Å². The molecule has 4 rings (SSSR count). The monoisotopic (exact) mass is 614 g/mol. The normalized spacial score (nSPS) is 11.7. The summed E-state index contributed by atoms with van der Waals surface area (Å²) in [6, 6.07) is 16.5. The highest BCUT2D eigenvalue weighted by atomic mass is 16.5. The van der Waals surface area contributed by atoms with E-state index in [0.29, 0.717) is 13.2 Å². The second-order valence-electron chi connectivity index (χ2n) is 10.5. The van der Waals surface area contributed by atoms with Gasteiger partial charge in [0.25, 0.3) is 0 Å². The minimum absolute atomic E-state index is 0.661. The molecule has 2 heterocycles. The Hall–Kier alpha value is -4.38. The van der Waals surface area contributed by atoms with Crippen LogP contribution in [0.25, 0.3) is 0 Å². The van der Waals surface area contributed by atoms with Crippen LogP contribution in [0.4, 0.5) is 34.6 Å². The number of imidazole rings is 2. The maximum Gasteiger partial charge on any atom is 0.421 e. The number of rotatable bonds is 18. The van der Waals surface area contributed by atoms with Crippen molar-refractivity contribution in [3.63, 3.8) is 0 Å². The third-order valence-electron chi connectivity index (χ3n) is 7.96. The molecular formula is C34H50N10O+2. The van der Waals surface area contributed by atoms with Crippen molar-refractivity contribution < 1.29 is 13.9 Å². The van der Waals surface area contributed by atoms with Crippen LogP contribution >= 0.6 is 0 Å². The van der Waals surface area contributed by atoms with E-state index < -0.39 is 0 Å². The van der Waals surface area contributed by atoms with Crippen LogP contribution in [0.1, 0.15) is 41.5 Å². The third-order valence-corrected chi connectivity index (χ3v) is 7.96. The lowest BCUT2D eigenvalue weighted by Crippen LogP contribution is -2.30. The largest absolute Gasteiger partial charge is 0.421 e. The summed E-state index contributed by atoms with van der Waals surface area (Å²) in [5.41, 5.74) is 3.98. The lowest BCUT2D eigenvalue weighted by atomic mass is 10.2. The lowest BCUT2D eigenvalue weighted by Gasteiger charge is -2.25. The van der Waals surface area contributed by atoms with Crippen LogP contribution in [0.2, 0.25) is 0 Å². The number of aryl methyl sites for hydroxylation is 4. The highest BCUT2D eigenvalue weighted by Gasteiger charge is 2.16. The summed E-state index contributed by atoms with van der Waals surface area (Å²) in [5.74, 6) is 1.72. The second kappa shape index (κ2) is 17.2. The van der Waals surface area contributed by atoms with E-state index in [0.717, 1.165) is 87.0 Å². The molecule has 0 N–H and O–H groups in total. The molecule has 0 saturated heterocycles. The van der Waals surface area contributed by atoms with Gasteiger partial charge in [-0.25, -0.2) is 18.3 Å². The topological polar surface area (TPSA) is 82.8 Å². The maximum absolute atomic E-state index is 6.08. The summed E-state index contributed by atoms with van der Waals surface area (Å²) < 4.78 is 14.5. The second-order valence-corrected chi connectivity index (χ2v) is 10.5. The quantitative estimate of drug-likeness (QED) is 0.0678. The summed E-state index contributed by atoms with van der Waals surface area (Å²) in [5, 5.41) is 18.0. The molecule has 2 aromatic heterocycles. The number of hydrogen-bond donors (Lipinski definition) is 0. The molecule has 11 heteroatoms. The lowest BCUT2D eigenvalue weighted by molar-refractivity contribution is -0.680. The Labute approximate surface area is 268 Å². The Kier molecular flexibility index (Phi) is 12.8. The molecule has 0 aliphatic carbocycles. The van der Waals surface area contributed by atoms with Gasteiger partial charge in [-0.1, -0.05) is 10.2 Å². The zero-order valence-electron chi connectivity index (χ0n) is 27.9. The number of aromatic nitrogens is 4. The summed E-state index contributed by atoms with van der Waals surface area (Å²) in [7, 11) is 0. The van der Waals surface area contributed by atoms with Gasteiger partial charge in [0.2, 0.25) is 0 Å². The zero-order valence-corrected chi connectivity index (χ0v) is 27.9. The molecular weight excluding hydrogens is 564 g/mol. The van der Waals surface area contributed by atoms with Crippen LogP contribution in [-0.2, 0) is 30.9 Å². The van der Waals surface area contributed by atoms with Gasteiger partial charge in [-0.05, 0) is 90.1 Å². The zero-order chi connectivity index (χ0) is 32.0. The van der Waals surface area contributed by atoms with Gasteiger partial charge in [0.1, 0.15) is 11.4 Å². The number of azo groups is 2. The Morgan fingerprint density at radius 2 is 0.978 bits per heavy atom. The molecule has 0 amide bonds. The number of nitrogens with zero attached hydrogens (tertiary/aromatic N) is 10. The Bertz CT molecular complexity index is 1350. The Morgan fingerprint density at radius 1 is 0.578 bits per heavy atom. The van der Waals surface area contributed by atoms with Crippen LogP contribution in [0.5, 0.6) is 0 Å². The first-order chi connectivity index (χ1) is 22.0. The van der Waals surface area contributed by atoms with Gasteiger partial charge in [0.05, 0.1) is 64.2 Å². The van der Waals surface area contributed by atoms with Crippen molar-refractivity contribution in [2.75, 3.05) is 49.2 Å². The molecule has 0 aliphatic rings. The van der Waals surface area contributed by atoms with Crippen molar-refractivity contribution >= 4 is 34.6 Å². The van der Waals surface area contributed by atoms with E-state index in [1.54, 1.807) is 0 Å². The molecule has 240 valence electrons. The average Bonchev–Trinajstić information content (AvgIpc) is 3.69. The number of likely N-dealkylation sites (N-methyl/N-ethyl adjacent to an activating group) is 2. The van der Waals surface area contributed by atoms with Crippen LogP contribution in [-0.4, -0.2) is 48.5 Å². The van der Waals surface area contributed by atoms with Crippen LogP contribution in [0, 0.1) is 0 Å². The molecule has 0 bridgehead atoms. The first kappa shape index (κ1) is 33.5. The van der Waals surface area contributed by atoms with Gasteiger partial charge < -0.3 is 14.5 Å². The molecule has 4 aromatic rings. The summed E-state index contributed by atoms with van der Waals surface area (Å²) >= 11 is 0. The van der Waals surface area contributed by atoms with Crippen molar-refractivity contribution in [2.24, 2.45) is 20.5 Å². The molecule has 2 aromatic carbocycles. The highest BCUT2D eigenvalue weighted by Crippen LogP contribution is 2.23. The van der Waals surface area contributed by atoms with Gasteiger partial charge in [-0.3, -0.25) is 0 Å². The van der Waals surface area contributed by atoms with Gasteiger partial charge in [0.15, 0.2) is 0 Å². The van der Waals surface area contributed by atoms with E-state index >= 15 is 0 Å². The molecule has 0 aliphatic heterocycles. The van der Waals surface area contributed by atoms with E-state index in [1.165, 1.54) is 0 Å². The minimum atomic E-state index is 0.661.